The van der Waals surface area contributed by atoms with Crippen LogP contribution in [0.3, 0.4) is 0 Å². The van der Waals surface area contributed by atoms with Crippen LogP contribution in [0.1, 0.15) is 75.4 Å². The molecular formula is C52H62N12O5. The first-order valence-electron chi connectivity index (χ1n) is 24.2. The fourth-order valence-corrected chi connectivity index (χ4v) is 11.3. The van der Waals surface area contributed by atoms with Crippen molar-refractivity contribution in [2.24, 2.45) is 16.7 Å². The third-order valence-corrected chi connectivity index (χ3v) is 15.0. The number of aromatic hydroxyl groups is 1. The maximum absolute atomic E-state index is 14.1. The van der Waals surface area contributed by atoms with Crippen molar-refractivity contribution in [3.05, 3.63) is 89.4 Å². The zero-order valence-corrected chi connectivity index (χ0v) is 39.9. The van der Waals surface area contributed by atoms with E-state index >= 15 is 0 Å². The van der Waals surface area contributed by atoms with Crippen LogP contribution < -0.4 is 20.4 Å². The molecule has 69 heavy (non-hydrogen) atoms. The summed E-state index contributed by atoms with van der Waals surface area (Å²) in [6.45, 7) is 15.0. The number of phenols is 1. The van der Waals surface area contributed by atoms with Gasteiger partial charge < -0.3 is 50.3 Å². The van der Waals surface area contributed by atoms with Gasteiger partial charge in [0.2, 0.25) is 17.8 Å². The van der Waals surface area contributed by atoms with Crippen molar-refractivity contribution >= 4 is 40.5 Å². The van der Waals surface area contributed by atoms with Crippen LogP contribution in [0.2, 0.25) is 0 Å². The fraction of sp³-hybridized carbons (Fsp3) is 0.481. The Kier molecular flexibility index (Phi) is 12.2. The predicted molar refractivity (Wildman–Crippen MR) is 262 cm³/mol. The Morgan fingerprint density at radius 2 is 1.71 bits per heavy atom. The number of phenolic OH excluding ortho intramolecular Hbond substituents is 1. The number of aliphatic hydroxyl groups is 1. The number of aromatic nitrogens is 5. The van der Waals surface area contributed by atoms with Gasteiger partial charge in [0.1, 0.15) is 17.8 Å². The van der Waals surface area contributed by atoms with Crippen molar-refractivity contribution in [2.45, 2.75) is 84.2 Å². The van der Waals surface area contributed by atoms with Crippen LogP contribution in [-0.2, 0) is 22.6 Å². The second-order valence-electron chi connectivity index (χ2n) is 21.0. The smallest absolute Gasteiger partial charge is 0.318 e. The van der Waals surface area contributed by atoms with Gasteiger partial charge in [0, 0.05) is 111 Å². The fourth-order valence-electron chi connectivity index (χ4n) is 11.3. The van der Waals surface area contributed by atoms with Crippen LogP contribution in [0.15, 0.2) is 67.0 Å². The number of benzene rings is 2. The van der Waals surface area contributed by atoms with E-state index in [-0.39, 0.29) is 54.6 Å². The van der Waals surface area contributed by atoms with Gasteiger partial charge in [0.05, 0.1) is 35.9 Å². The highest BCUT2D eigenvalue weighted by molar-refractivity contribution is 5.93. The van der Waals surface area contributed by atoms with Crippen LogP contribution in [-0.4, -0.2) is 145 Å². The molecule has 4 fully saturated rings. The number of anilines is 2. The second-order valence-corrected chi connectivity index (χ2v) is 21.0. The van der Waals surface area contributed by atoms with E-state index in [0.717, 1.165) is 97.6 Å². The van der Waals surface area contributed by atoms with Gasteiger partial charge >= 0.3 is 6.03 Å². The van der Waals surface area contributed by atoms with Crippen molar-refractivity contribution < 1.29 is 24.6 Å². The van der Waals surface area contributed by atoms with Crippen molar-refractivity contribution in [1.82, 2.24) is 50.5 Å². The molecule has 4 amide bonds. The van der Waals surface area contributed by atoms with Crippen molar-refractivity contribution in [2.75, 3.05) is 68.7 Å². The zero-order valence-electron chi connectivity index (χ0n) is 39.9. The van der Waals surface area contributed by atoms with Gasteiger partial charge in [0.15, 0.2) is 5.65 Å². The number of β-amino-alcohol motifs (C(OH)–C–C–N with tert-alkyl or cyclic N) is 1. The average molecular weight is 935 g/mol. The molecule has 4 saturated heterocycles. The Balaban J connectivity index is 0.676. The van der Waals surface area contributed by atoms with Crippen molar-refractivity contribution in [3.63, 3.8) is 0 Å². The number of carbonyl (C=O) groups excluding carboxylic acids is 3. The summed E-state index contributed by atoms with van der Waals surface area (Å²) in [5, 5.41) is 36.9. The molecule has 0 unspecified atom stereocenters. The molecule has 5 aliphatic heterocycles. The monoisotopic (exact) mass is 934 g/mol. The Labute approximate surface area is 402 Å². The molecule has 8 heterocycles. The Morgan fingerprint density at radius 1 is 0.986 bits per heavy atom. The lowest BCUT2D eigenvalue weighted by atomic mass is 9.72. The number of hydrogen-bond acceptors (Lipinski definition) is 12. The lowest BCUT2D eigenvalue weighted by Crippen LogP contribution is -2.74. The molecule has 17 heteroatoms. The first kappa shape index (κ1) is 46.0. The summed E-state index contributed by atoms with van der Waals surface area (Å²) in [6, 6.07) is 14.5. The summed E-state index contributed by atoms with van der Waals surface area (Å²) in [7, 11) is 0. The van der Waals surface area contributed by atoms with Crippen LogP contribution in [0, 0.1) is 29.1 Å². The van der Waals surface area contributed by atoms with Gasteiger partial charge in [-0.2, -0.15) is 0 Å². The van der Waals surface area contributed by atoms with E-state index in [1.54, 1.807) is 29.2 Å². The first-order chi connectivity index (χ1) is 33.1. The quantitative estimate of drug-likeness (QED) is 0.124. The number of terminal acetylenes is 1. The molecule has 3 aromatic heterocycles. The van der Waals surface area contributed by atoms with Gasteiger partial charge in [0.25, 0.3) is 0 Å². The number of piperidine rings is 1. The van der Waals surface area contributed by atoms with E-state index in [2.05, 4.69) is 53.4 Å². The van der Waals surface area contributed by atoms with Crippen LogP contribution in [0.4, 0.5) is 16.4 Å². The number of aromatic amines is 1. The number of hydrogen-bond donors (Lipinski definition) is 5. The number of nitrogens with zero attached hydrogens (tertiary/aromatic N) is 9. The number of likely N-dealkylation sites (tertiary alicyclic amines) is 3. The summed E-state index contributed by atoms with van der Waals surface area (Å²) in [4.78, 5) is 64.8. The van der Waals surface area contributed by atoms with Crippen LogP contribution in [0.25, 0.3) is 22.3 Å². The summed E-state index contributed by atoms with van der Waals surface area (Å²) in [6.07, 6.45) is 11.6. The topological polar surface area (TPSA) is 199 Å². The highest BCUT2D eigenvalue weighted by Gasteiger charge is 2.54. The number of aliphatic hydroxyl groups excluding tert-OH is 1. The molecule has 2 aromatic carbocycles. The van der Waals surface area contributed by atoms with E-state index in [4.69, 9.17) is 16.4 Å². The maximum atomic E-state index is 14.1. The maximum Gasteiger partial charge on any atom is 0.318 e. The third-order valence-electron chi connectivity index (χ3n) is 15.0. The molecule has 5 N–H and O–H groups in total. The highest BCUT2D eigenvalue weighted by atomic mass is 16.3. The third kappa shape index (κ3) is 9.15. The largest absolute Gasteiger partial charge is 0.507 e. The molecule has 17 nitrogen and oxygen atoms in total. The van der Waals surface area contributed by atoms with E-state index in [0.29, 0.717) is 36.2 Å². The molecule has 0 aliphatic carbocycles. The van der Waals surface area contributed by atoms with Crippen LogP contribution >= 0.6 is 0 Å². The average Bonchev–Trinajstić information content (AvgIpc) is 3.91. The van der Waals surface area contributed by atoms with Gasteiger partial charge in [-0.05, 0) is 67.0 Å². The normalized spacial score (nSPS) is 21.9. The minimum atomic E-state index is -0.886. The van der Waals surface area contributed by atoms with Crippen molar-refractivity contribution in [1.29, 1.82) is 0 Å². The number of carbonyl (C=O) groups is 3. The minimum absolute atomic E-state index is 0.00599. The highest BCUT2D eigenvalue weighted by Crippen LogP contribution is 2.42. The molecular weight excluding hydrogens is 873 g/mol. The summed E-state index contributed by atoms with van der Waals surface area (Å²) >= 11 is 0. The minimum Gasteiger partial charge on any atom is -0.507 e. The standard InChI is InChI=1S/C52H62N12O5/c1-6-33-11-13-34(14-12-33)23-53-47(67)42-21-37(65)27-64(42)48(68)45(51(3,4)5)57-50(69)62-30-52(31-62)28-60(29-52)26-35-15-18-61(19-16-35)36-24-54-49(55-25-36)63-20-17-40-44(32(63)2)39-22-41(58-59-46(39)56-40)38-9-7-8-10-43(38)66/h1,7-14,22,24-25,32,35,37,42,45,65-66H,15-21,23,26-31H2,2-5H3,(H,53,67)(H,56,59)(H,57,69)/t32-,37+,42-,45+/m0/s1. The molecule has 0 radical (unpaired) electrons. The van der Waals surface area contributed by atoms with Gasteiger partial charge in [-0.25, -0.2) is 14.8 Å². The summed E-state index contributed by atoms with van der Waals surface area (Å²) in [5.74, 6) is 3.31. The molecule has 10 rings (SSSR count). The predicted octanol–water partition coefficient (Wildman–Crippen LogP) is 4.46. The van der Waals surface area contributed by atoms with E-state index in [9.17, 15) is 24.6 Å². The SMILES string of the molecule is C#Cc1ccc(CNC(=O)[C@@H]2C[C@@H](O)CN2C(=O)[C@@H](NC(=O)N2CC3(CN(CC4CCN(c5cnc(N6CCc7[nH]c8nnc(-c9ccccc9O)cc8c7[C@@H]6C)nc5)CC4)C3)C2)C(C)(C)C)cc1. The summed E-state index contributed by atoms with van der Waals surface area (Å²) in [5.41, 5.74) is 6.38. The van der Waals surface area contributed by atoms with E-state index < -0.39 is 23.6 Å². The number of nitrogens with one attached hydrogen (secondary N) is 3. The van der Waals surface area contributed by atoms with Gasteiger partial charge in [-0.1, -0.05) is 51.0 Å². The Bertz CT molecular complexity index is 2760. The summed E-state index contributed by atoms with van der Waals surface area (Å²) < 4.78 is 0. The van der Waals surface area contributed by atoms with Crippen molar-refractivity contribution in [3.8, 4) is 29.4 Å². The van der Waals surface area contributed by atoms with Crippen LogP contribution in [0.5, 0.6) is 5.75 Å². The molecule has 4 atom stereocenters. The Hall–Kier alpha value is -6.77. The number of urea groups is 1. The molecule has 0 saturated carbocycles. The Morgan fingerprint density at radius 3 is 2.41 bits per heavy atom. The molecule has 1 spiro atoms. The number of amides is 4. The van der Waals surface area contributed by atoms with Gasteiger partial charge in [-0.3, -0.25) is 9.59 Å². The first-order valence-corrected chi connectivity index (χ1v) is 24.2. The lowest BCUT2D eigenvalue weighted by Gasteiger charge is -2.61. The molecule has 0 bridgehead atoms. The zero-order chi connectivity index (χ0) is 48.2. The second kappa shape index (κ2) is 18.3. The number of para-hydroxylation sites is 1. The van der Waals surface area contributed by atoms with Gasteiger partial charge in [-0.15, -0.1) is 16.6 Å². The molecule has 360 valence electrons. The van der Waals surface area contributed by atoms with E-state index in [1.807, 2.05) is 63.5 Å². The number of rotatable bonds is 10. The van der Waals surface area contributed by atoms with E-state index in [1.165, 1.54) is 4.90 Å². The molecule has 5 aromatic rings. The molecule has 5 aliphatic rings. The number of fused-ring (bicyclic) bond motifs is 3. The number of H-pyrrole nitrogens is 1. The lowest BCUT2D eigenvalue weighted by molar-refractivity contribution is -0.142.